The number of ether oxygens (including phenoxy) is 2. The lowest BCUT2D eigenvalue weighted by Crippen LogP contribution is -2.45. The molecule has 5 rings (SSSR count). The van der Waals surface area contributed by atoms with Gasteiger partial charge in [0.15, 0.2) is 17.3 Å². The van der Waals surface area contributed by atoms with E-state index >= 15 is 0 Å². The summed E-state index contributed by atoms with van der Waals surface area (Å²) in [5.41, 5.74) is 6.64. The first-order valence-corrected chi connectivity index (χ1v) is 13.2. The summed E-state index contributed by atoms with van der Waals surface area (Å²) in [5, 5.41) is 4.51. The monoisotopic (exact) mass is 593 g/mol. The molecule has 3 aromatic rings. The van der Waals surface area contributed by atoms with Crippen LogP contribution in [-0.2, 0) is 4.79 Å². The number of hydrogen-bond donors (Lipinski definition) is 2. The van der Waals surface area contributed by atoms with Crippen LogP contribution < -0.4 is 20.3 Å². The highest BCUT2D eigenvalue weighted by molar-refractivity contribution is 9.10. The van der Waals surface area contributed by atoms with Crippen molar-refractivity contribution in [3.8, 4) is 11.5 Å². The number of benzene rings is 2. The number of aromatic nitrogens is 2. The van der Waals surface area contributed by atoms with Crippen LogP contribution >= 0.6 is 15.9 Å². The molecule has 202 valence electrons. The number of halogens is 1. The Morgan fingerprint density at radius 1 is 1.05 bits per heavy atom. The molecule has 10 nitrogen and oxygen atoms in total. The highest BCUT2D eigenvalue weighted by Crippen LogP contribution is 2.48. The van der Waals surface area contributed by atoms with Crippen molar-refractivity contribution in [2.45, 2.75) is 32.7 Å². The third kappa shape index (κ3) is 4.94. The fourth-order valence-corrected chi connectivity index (χ4v) is 5.91. The van der Waals surface area contributed by atoms with Crippen molar-refractivity contribution in [2.24, 2.45) is 16.3 Å². The molecular formula is C28H28BrN5O5. The van der Waals surface area contributed by atoms with Crippen LogP contribution in [0.1, 0.15) is 59.0 Å². The quantitative estimate of drug-likeness (QED) is 0.422. The number of Topliss-reactive ketones (excluding diaryl/α,β-unsaturated/α-hetero) is 1. The summed E-state index contributed by atoms with van der Waals surface area (Å²) in [5.74, 6) is -0.191. The summed E-state index contributed by atoms with van der Waals surface area (Å²) in [6, 6.07) is 11.7. The fraction of sp³-hybridized carbons (Fsp3) is 0.321. The van der Waals surface area contributed by atoms with Crippen LogP contribution in [0.5, 0.6) is 11.5 Å². The van der Waals surface area contributed by atoms with Crippen LogP contribution in [0.2, 0.25) is 0 Å². The lowest BCUT2D eigenvalue weighted by atomic mass is 9.67. The Morgan fingerprint density at radius 3 is 2.46 bits per heavy atom. The minimum absolute atomic E-state index is 0.0585. The number of rotatable bonds is 5. The highest BCUT2D eigenvalue weighted by Gasteiger charge is 2.47. The van der Waals surface area contributed by atoms with Gasteiger partial charge < -0.3 is 9.47 Å². The number of fused-ring (bicyclic) bond motifs is 2. The number of amides is 2. The normalized spacial score (nSPS) is 19.3. The summed E-state index contributed by atoms with van der Waals surface area (Å²) in [6.07, 6.45) is 2.39. The van der Waals surface area contributed by atoms with E-state index < -0.39 is 23.8 Å². The summed E-state index contributed by atoms with van der Waals surface area (Å²) in [6.45, 7) is 4.06. The largest absolute Gasteiger partial charge is 0.493 e. The van der Waals surface area contributed by atoms with Crippen molar-refractivity contribution in [1.29, 1.82) is 0 Å². The van der Waals surface area contributed by atoms with E-state index in [-0.39, 0.29) is 16.8 Å². The van der Waals surface area contributed by atoms with Crippen molar-refractivity contribution in [3.63, 3.8) is 0 Å². The Hall–Kier alpha value is -3.99. The number of nitrogens with zero attached hydrogens (tertiary/aromatic N) is 3. The molecule has 11 heteroatoms. The molecule has 2 amide bonds. The summed E-state index contributed by atoms with van der Waals surface area (Å²) < 4.78 is 13.3. The van der Waals surface area contributed by atoms with Crippen LogP contribution in [0.15, 0.2) is 58.1 Å². The second-order valence-electron chi connectivity index (χ2n) is 10.3. The highest BCUT2D eigenvalue weighted by atomic mass is 79.9. The van der Waals surface area contributed by atoms with Gasteiger partial charge in [-0.1, -0.05) is 32.0 Å². The maximum atomic E-state index is 13.5. The van der Waals surface area contributed by atoms with E-state index in [1.807, 2.05) is 26.0 Å². The third-order valence-electron chi connectivity index (χ3n) is 6.98. The van der Waals surface area contributed by atoms with Gasteiger partial charge in [-0.3, -0.25) is 25.2 Å². The van der Waals surface area contributed by atoms with Crippen molar-refractivity contribution in [3.05, 3.63) is 69.8 Å². The van der Waals surface area contributed by atoms with Gasteiger partial charge in [-0.15, -0.1) is 0 Å². The molecule has 1 aliphatic heterocycles. The number of carbonyl (C=O) groups excluding carboxylic acids is 3. The van der Waals surface area contributed by atoms with Crippen molar-refractivity contribution in [2.75, 3.05) is 14.2 Å². The molecule has 2 heterocycles. The Kier molecular flexibility index (Phi) is 7.02. The molecule has 2 aromatic carbocycles. The number of ketones is 1. The third-order valence-corrected chi connectivity index (χ3v) is 7.57. The molecule has 2 aliphatic rings. The Bertz CT molecular complexity index is 1500. The van der Waals surface area contributed by atoms with Crippen LogP contribution in [0.3, 0.4) is 0 Å². The lowest BCUT2D eigenvalue weighted by Gasteiger charge is -2.40. The van der Waals surface area contributed by atoms with Crippen LogP contribution in [0, 0.1) is 11.3 Å². The molecule has 0 saturated heterocycles. The van der Waals surface area contributed by atoms with Gasteiger partial charge in [0, 0.05) is 17.7 Å². The van der Waals surface area contributed by atoms with Crippen molar-refractivity contribution < 1.29 is 23.9 Å². The molecule has 1 aliphatic carbocycles. The first-order chi connectivity index (χ1) is 18.6. The van der Waals surface area contributed by atoms with Gasteiger partial charge in [0.2, 0.25) is 0 Å². The Balaban J connectivity index is 1.55. The molecule has 39 heavy (non-hydrogen) atoms. The van der Waals surface area contributed by atoms with Crippen LogP contribution in [0.4, 0.5) is 5.82 Å². The number of methoxy groups -OCH3 is 2. The summed E-state index contributed by atoms with van der Waals surface area (Å²) in [7, 11) is 3.09. The van der Waals surface area contributed by atoms with Gasteiger partial charge in [0.25, 0.3) is 11.8 Å². The zero-order valence-corrected chi connectivity index (χ0v) is 23.5. The average molecular weight is 594 g/mol. The van der Waals surface area contributed by atoms with Gasteiger partial charge in [-0.25, -0.2) is 9.67 Å². The van der Waals surface area contributed by atoms with E-state index in [2.05, 4.69) is 31.9 Å². The molecule has 0 spiro atoms. The van der Waals surface area contributed by atoms with Gasteiger partial charge in [0.1, 0.15) is 11.3 Å². The minimum Gasteiger partial charge on any atom is -0.493 e. The molecule has 1 saturated carbocycles. The topological polar surface area (TPSA) is 124 Å². The van der Waals surface area contributed by atoms with E-state index in [1.165, 1.54) is 6.20 Å². The van der Waals surface area contributed by atoms with Crippen molar-refractivity contribution >= 4 is 45.1 Å². The number of hydrazine groups is 1. The average Bonchev–Trinajstić information content (AvgIpc) is 3.33. The molecule has 1 fully saturated rings. The minimum atomic E-state index is -0.572. The molecule has 0 radical (unpaired) electrons. The van der Waals surface area contributed by atoms with Gasteiger partial charge >= 0.3 is 0 Å². The van der Waals surface area contributed by atoms with Gasteiger partial charge in [-0.05, 0) is 57.6 Å². The molecule has 1 aromatic heterocycles. The summed E-state index contributed by atoms with van der Waals surface area (Å²) in [4.78, 5) is 44.0. The van der Waals surface area contributed by atoms with Crippen molar-refractivity contribution in [1.82, 2.24) is 20.6 Å². The molecule has 0 bridgehead atoms. The fourth-order valence-electron chi connectivity index (χ4n) is 5.29. The zero-order chi connectivity index (χ0) is 27.9. The SMILES string of the molecule is COc1cc(C2C3C(=O)CC(C)(C)CC3=Nc3c(C(=O)NNC(=O)c4ccccc4)cnn32)cc(Br)c1OC. The first kappa shape index (κ1) is 26.6. The summed E-state index contributed by atoms with van der Waals surface area (Å²) >= 11 is 3.55. The predicted molar refractivity (Wildman–Crippen MR) is 148 cm³/mol. The van der Waals surface area contributed by atoms with E-state index in [0.29, 0.717) is 45.9 Å². The number of hydrogen-bond acceptors (Lipinski definition) is 7. The number of aliphatic imine (C=N–C) groups is 1. The first-order valence-electron chi connectivity index (χ1n) is 12.4. The van der Waals surface area contributed by atoms with E-state index in [1.54, 1.807) is 49.2 Å². The van der Waals surface area contributed by atoms with Crippen LogP contribution in [0.25, 0.3) is 0 Å². The Morgan fingerprint density at radius 2 is 1.77 bits per heavy atom. The van der Waals surface area contributed by atoms with Crippen LogP contribution in [-0.4, -0.2) is 47.3 Å². The smallest absolute Gasteiger partial charge is 0.275 e. The van der Waals surface area contributed by atoms with E-state index in [0.717, 1.165) is 5.56 Å². The number of nitrogens with one attached hydrogen (secondary N) is 2. The lowest BCUT2D eigenvalue weighted by molar-refractivity contribution is -0.124. The maximum Gasteiger partial charge on any atom is 0.275 e. The second kappa shape index (κ2) is 10.3. The zero-order valence-electron chi connectivity index (χ0n) is 21.9. The second-order valence-corrected chi connectivity index (χ2v) is 11.2. The molecule has 2 atom stereocenters. The standard InChI is InChI=1S/C28H28BrN5O5/c1-28(2)12-19-22(20(35)13-28)23(16-10-18(29)24(39-4)21(11-16)38-3)34-25(31-19)17(14-30-34)27(37)33-32-26(36)15-8-6-5-7-9-15/h5-11,14,22-23H,12-13H2,1-4H3,(H,32,36)(H,33,37). The molecule has 2 unspecified atom stereocenters. The molecular weight excluding hydrogens is 566 g/mol. The Labute approximate surface area is 233 Å². The van der Waals surface area contributed by atoms with E-state index in [4.69, 9.17) is 14.5 Å². The number of carbonyl (C=O) groups is 3. The molecule has 2 N–H and O–H groups in total. The predicted octanol–water partition coefficient (Wildman–Crippen LogP) is 4.42. The van der Waals surface area contributed by atoms with Gasteiger partial charge in [-0.2, -0.15) is 5.10 Å². The van der Waals surface area contributed by atoms with E-state index in [9.17, 15) is 14.4 Å². The maximum absolute atomic E-state index is 13.5. The van der Waals surface area contributed by atoms with Gasteiger partial charge in [0.05, 0.1) is 36.8 Å².